The fourth-order valence-corrected chi connectivity index (χ4v) is 3.75. The van der Waals surface area contributed by atoms with Gasteiger partial charge in [-0.1, -0.05) is 41.9 Å². The van der Waals surface area contributed by atoms with Crippen molar-refractivity contribution >= 4 is 45.4 Å². The monoisotopic (exact) mass is 323 g/mol. The van der Waals surface area contributed by atoms with Crippen molar-refractivity contribution in [2.24, 2.45) is 5.73 Å². The second-order valence-electron chi connectivity index (χ2n) is 4.45. The minimum absolute atomic E-state index is 0. The molecule has 0 bridgehead atoms. The summed E-state index contributed by atoms with van der Waals surface area (Å²) in [5, 5.41) is 2.02. The predicted octanol–water partition coefficient (Wildman–Crippen LogP) is 5.14. The third kappa shape index (κ3) is 2.84. The Balaban J connectivity index is 0.00000147. The lowest BCUT2D eigenvalue weighted by atomic mass is 10.0. The second-order valence-corrected chi connectivity index (χ2v) is 5.94. The normalized spacial score (nSPS) is 10.5. The molecule has 0 spiro atoms. The first-order valence-corrected chi connectivity index (χ1v) is 7.45. The maximum absolute atomic E-state index is 6.12. The molecule has 0 aliphatic rings. The van der Waals surface area contributed by atoms with E-state index in [2.05, 4.69) is 30.3 Å². The first kappa shape index (κ1) is 15.3. The van der Waals surface area contributed by atoms with E-state index in [0.717, 1.165) is 11.4 Å². The summed E-state index contributed by atoms with van der Waals surface area (Å²) < 4.78 is 1.27. The standard InChI is InChI=1S/C16H14ClNS.ClH/c17-12-6-7-15-14(10-12)13(8-9-18)16(19-15)11-4-2-1-3-5-11;/h1-7,10H,8-9,18H2;1H. The van der Waals surface area contributed by atoms with Crippen LogP contribution in [0.5, 0.6) is 0 Å². The number of benzene rings is 2. The van der Waals surface area contributed by atoms with Gasteiger partial charge in [0.2, 0.25) is 0 Å². The van der Waals surface area contributed by atoms with Crippen LogP contribution in [-0.2, 0) is 6.42 Å². The number of rotatable bonds is 3. The molecule has 0 unspecified atom stereocenters. The lowest BCUT2D eigenvalue weighted by molar-refractivity contribution is 0.982. The van der Waals surface area contributed by atoms with E-state index in [0.29, 0.717) is 6.54 Å². The van der Waals surface area contributed by atoms with E-state index < -0.39 is 0 Å². The molecule has 0 saturated carbocycles. The highest BCUT2D eigenvalue weighted by molar-refractivity contribution is 7.22. The smallest absolute Gasteiger partial charge is 0.0413 e. The molecule has 0 aliphatic heterocycles. The van der Waals surface area contributed by atoms with Crippen LogP contribution in [0.25, 0.3) is 20.5 Å². The van der Waals surface area contributed by atoms with Crippen LogP contribution in [-0.4, -0.2) is 6.54 Å². The van der Waals surface area contributed by atoms with E-state index in [1.165, 1.54) is 26.1 Å². The third-order valence-corrected chi connectivity index (χ3v) is 4.68. The zero-order valence-corrected chi connectivity index (χ0v) is 13.2. The van der Waals surface area contributed by atoms with Crippen molar-refractivity contribution in [2.45, 2.75) is 6.42 Å². The predicted molar refractivity (Wildman–Crippen MR) is 92.3 cm³/mol. The number of hydrogen-bond donors (Lipinski definition) is 1. The molecule has 4 heteroatoms. The molecule has 1 aromatic heterocycles. The van der Waals surface area contributed by atoms with Crippen molar-refractivity contribution in [2.75, 3.05) is 6.54 Å². The number of nitrogens with two attached hydrogens (primary N) is 1. The summed E-state index contributed by atoms with van der Waals surface area (Å²) >= 11 is 7.93. The SMILES string of the molecule is Cl.NCCc1c(-c2ccccc2)sc2ccc(Cl)cc12. The average molecular weight is 324 g/mol. The molecule has 0 amide bonds. The van der Waals surface area contributed by atoms with Crippen LogP contribution in [0, 0.1) is 0 Å². The molecule has 1 heterocycles. The van der Waals surface area contributed by atoms with Crippen molar-refractivity contribution in [3.63, 3.8) is 0 Å². The van der Waals surface area contributed by atoms with Gasteiger partial charge in [-0.3, -0.25) is 0 Å². The molecule has 1 nitrogen and oxygen atoms in total. The molecule has 3 aromatic rings. The Morgan fingerprint density at radius 1 is 1.05 bits per heavy atom. The topological polar surface area (TPSA) is 26.0 Å². The van der Waals surface area contributed by atoms with Crippen molar-refractivity contribution in [3.05, 3.63) is 59.1 Å². The Hall–Kier alpha value is -1.06. The molecule has 0 radical (unpaired) electrons. The van der Waals surface area contributed by atoms with Gasteiger partial charge in [0.1, 0.15) is 0 Å². The highest BCUT2D eigenvalue weighted by Gasteiger charge is 2.13. The second kappa shape index (κ2) is 6.59. The molecular formula is C16H15Cl2NS. The summed E-state index contributed by atoms with van der Waals surface area (Å²) in [4.78, 5) is 1.31. The molecule has 104 valence electrons. The molecule has 2 aromatic carbocycles. The summed E-state index contributed by atoms with van der Waals surface area (Å²) in [6, 6.07) is 16.5. The average Bonchev–Trinajstić information content (AvgIpc) is 2.79. The molecule has 0 fully saturated rings. The Kier molecular flexibility index (Phi) is 5.06. The van der Waals surface area contributed by atoms with Gasteiger partial charge in [-0.2, -0.15) is 0 Å². The summed E-state index contributed by atoms with van der Waals surface area (Å²) in [6.07, 6.45) is 0.880. The highest BCUT2D eigenvalue weighted by Crippen LogP contribution is 2.39. The van der Waals surface area contributed by atoms with Gasteiger partial charge in [-0.15, -0.1) is 23.7 Å². The van der Waals surface area contributed by atoms with Crippen LogP contribution in [0.2, 0.25) is 5.02 Å². The van der Waals surface area contributed by atoms with Crippen molar-refractivity contribution in [1.82, 2.24) is 0 Å². The number of halogens is 2. The summed E-state index contributed by atoms with van der Waals surface area (Å²) in [5.74, 6) is 0. The molecule has 3 rings (SSSR count). The Morgan fingerprint density at radius 3 is 2.50 bits per heavy atom. The van der Waals surface area contributed by atoms with Gasteiger partial charge in [0, 0.05) is 14.6 Å². The van der Waals surface area contributed by atoms with Crippen LogP contribution in [0.1, 0.15) is 5.56 Å². The summed E-state index contributed by atoms with van der Waals surface area (Å²) in [7, 11) is 0. The third-order valence-electron chi connectivity index (χ3n) is 3.18. The number of thiophene rings is 1. The molecule has 20 heavy (non-hydrogen) atoms. The quantitative estimate of drug-likeness (QED) is 0.709. The molecule has 2 N–H and O–H groups in total. The van der Waals surface area contributed by atoms with E-state index >= 15 is 0 Å². The lowest BCUT2D eigenvalue weighted by Crippen LogP contribution is -2.02. The van der Waals surface area contributed by atoms with Gasteiger partial charge in [0.05, 0.1) is 0 Å². The van der Waals surface area contributed by atoms with Crippen LogP contribution < -0.4 is 5.73 Å². The molecule has 0 saturated heterocycles. The van der Waals surface area contributed by atoms with Crippen molar-refractivity contribution in [3.8, 4) is 10.4 Å². The molecule has 0 atom stereocenters. The van der Waals surface area contributed by atoms with E-state index in [1.807, 2.05) is 29.5 Å². The van der Waals surface area contributed by atoms with Crippen LogP contribution in [0.4, 0.5) is 0 Å². The summed E-state index contributed by atoms with van der Waals surface area (Å²) in [6.45, 7) is 0.651. The van der Waals surface area contributed by atoms with Gasteiger partial charge in [0.15, 0.2) is 0 Å². The van der Waals surface area contributed by atoms with Gasteiger partial charge in [0.25, 0.3) is 0 Å². The van der Waals surface area contributed by atoms with Gasteiger partial charge < -0.3 is 5.73 Å². The van der Waals surface area contributed by atoms with E-state index in [9.17, 15) is 0 Å². The van der Waals surface area contributed by atoms with Crippen molar-refractivity contribution in [1.29, 1.82) is 0 Å². The van der Waals surface area contributed by atoms with Gasteiger partial charge in [-0.05, 0) is 47.7 Å². The number of fused-ring (bicyclic) bond motifs is 1. The maximum Gasteiger partial charge on any atom is 0.0413 e. The minimum atomic E-state index is 0. The van der Waals surface area contributed by atoms with Gasteiger partial charge in [-0.25, -0.2) is 0 Å². The Bertz CT molecular complexity index is 707. The minimum Gasteiger partial charge on any atom is -0.330 e. The van der Waals surface area contributed by atoms with Crippen LogP contribution in [0.3, 0.4) is 0 Å². The number of hydrogen-bond acceptors (Lipinski definition) is 2. The summed E-state index contributed by atoms with van der Waals surface area (Å²) in [5.41, 5.74) is 8.34. The zero-order valence-electron chi connectivity index (χ0n) is 10.8. The molecular weight excluding hydrogens is 309 g/mol. The van der Waals surface area contributed by atoms with Gasteiger partial charge >= 0.3 is 0 Å². The first-order chi connectivity index (χ1) is 9.29. The van der Waals surface area contributed by atoms with E-state index in [1.54, 1.807) is 0 Å². The maximum atomic E-state index is 6.12. The Labute approximate surface area is 133 Å². The van der Waals surface area contributed by atoms with E-state index in [4.69, 9.17) is 17.3 Å². The fourth-order valence-electron chi connectivity index (χ4n) is 2.34. The highest BCUT2D eigenvalue weighted by atomic mass is 35.5. The van der Waals surface area contributed by atoms with Crippen LogP contribution in [0.15, 0.2) is 48.5 Å². The Morgan fingerprint density at radius 2 is 1.80 bits per heavy atom. The fraction of sp³-hybridized carbons (Fsp3) is 0.125. The zero-order chi connectivity index (χ0) is 13.2. The largest absolute Gasteiger partial charge is 0.330 e. The van der Waals surface area contributed by atoms with E-state index in [-0.39, 0.29) is 12.4 Å². The first-order valence-electron chi connectivity index (χ1n) is 6.26. The van der Waals surface area contributed by atoms with Crippen LogP contribution >= 0.6 is 35.3 Å². The molecule has 0 aliphatic carbocycles. The lowest BCUT2D eigenvalue weighted by Gasteiger charge is -2.03. The van der Waals surface area contributed by atoms with Crippen molar-refractivity contribution < 1.29 is 0 Å².